The van der Waals surface area contributed by atoms with E-state index < -0.39 is 35.0 Å². The number of benzene rings is 2. The highest BCUT2D eigenvalue weighted by Gasteiger charge is 2.31. The van der Waals surface area contributed by atoms with Gasteiger partial charge in [0, 0.05) is 5.56 Å². The SMILES string of the molecule is NC(c1cccc(C(F)(F)F)c1)c1c(F)cccc1F. The molecule has 20 heavy (non-hydrogen) atoms. The Morgan fingerprint density at radius 3 is 2.00 bits per heavy atom. The molecule has 0 fully saturated rings. The molecule has 2 aromatic rings. The van der Waals surface area contributed by atoms with Crippen LogP contribution in [0.5, 0.6) is 0 Å². The molecule has 0 aliphatic carbocycles. The maximum Gasteiger partial charge on any atom is 0.416 e. The quantitative estimate of drug-likeness (QED) is 0.829. The van der Waals surface area contributed by atoms with Gasteiger partial charge in [-0.3, -0.25) is 0 Å². The highest BCUT2D eigenvalue weighted by molar-refractivity contribution is 5.36. The van der Waals surface area contributed by atoms with Crippen LogP contribution >= 0.6 is 0 Å². The topological polar surface area (TPSA) is 26.0 Å². The Hall–Kier alpha value is -1.95. The highest BCUT2D eigenvalue weighted by Crippen LogP contribution is 2.32. The van der Waals surface area contributed by atoms with Crippen molar-refractivity contribution in [3.05, 3.63) is 70.8 Å². The molecular weight excluding hydrogens is 277 g/mol. The minimum absolute atomic E-state index is 0.0103. The smallest absolute Gasteiger partial charge is 0.320 e. The summed E-state index contributed by atoms with van der Waals surface area (Å²) in [5.74, 6) is -1.79. The molecule has 2 N–H and O–H groups in total. The van der Waals surface area contributed by atoms with Crippen LogP contribution in [0.3, 0.4) is 0 Å². The lowest BCUT2D eigenvalue weighted by atomic mass is 9.97. The predicted molar refractivity (Wildman–Crippen MR) is 63.8 cm³/mol. The van der Waals surface area contributed by atoms with Crippen LogP contribution in [-0.4, -0.2) is 0 Å². The van der Waals surface area contributed by atoms with Gasteiger partial charge in [0.15, 0.2) is 0 Å². The van der Waals surface area contributed by atoms with E-state index in [1.165, 1.54) is 6.07 Å². The lowest BCUT2D eigenvalue weighted by molar-refractivity contribution is -0.137. The Bertz CT molecular complexity index is 601. The zero-order chi connectivity index (χ0) is 14.9. The van der Waals surface area contributed by atoms with Gasteiger partial charge in [-0.15, -0.1) is 0 Å². The van der Waals surface area contributed by atoms with E-state index in [2.05, 4.69) is 0 Å². The molecule has 0 amide bonds. The molecule has 0 heterocycles. The Morgan fingerprint density at radius 2 is 1.45 bits per heavy atom. The third-order valence-electron chi connectivity index (χ3n) is 2.88. The zero-order valence-electron chi connectivity index (χ0n) is 10.1. The van der Waals surface area contributed by atoms with Gasteiger partial charge in [-0.05, 0) is 29.8 Å². The standard InChI is InChI=1S/C14H10F5N/c15-10-5-2-6-11(16)12(10)13(20)8-3-1-4-9(7-8)14(17,18)19/h1-7,13H,20H2. The second kappa shape index (κ2) is 5.20. The number of rotatable bonds is 2. The molecule has 0 saturated carbocycles. The number of nitrogens with two attached hydrogens (primary N) is 1. The summed E-state index contributed by atoms with van der Waals surface area (Å²) < 4.78 is 65.0. The highest BCUT2D eigenvalue weighted by atomic mass is 19.4. The Kier molecular flexibility index (Phi) is 3.76. The van der Waals surface area contributed by atoms with E-state index in [-0.39, 0.29) is 5.56 Å². The van der Waals surface area contributed by atoms with Gasteiger partial charge in [0.2, 0.25) is 0 Å². The van der Waals surface area contributed by atoms with E-state index >= 15 is 0 Å². The van der Waals surface area contributed by atoms with Crippen molar-refractivity contribution in [2.24, 2.45) is 5.73 Å². The molecule has 0 bridgehead atoms. The summed E-state index contributed by atoms with van der Waals surface area (Å²) in [6.07, 6.45) is -4.54. The number of hydrogen-bond donors (Lipinski definition) is 1. The first-order valence-electron chi connectivity index (χ1n) is 5.67. The van der Waals surface area contributed by atoms with E-state index in [0.717, 1.165) is 36.4 Å². The summed E-state index contributed by atoms with van der Waals surface area (Å²) in [7, 11) is 0. The molecule has 0 aliphatic heterocycles. The van der Waals surface area contributed by atoms with Gasteiger partial charge in [0.1, 0.15) is 11.6 Å². The summed E-state index contributed by atoms with van der Waals surface area (Å²) >= 11 is 0. The number of halogens is 5. The van der Waals surface area contributed by atoms with Crippen LogP contribution in [0, 0.1) is 11.6 Å². The minimum atomic E-state index is -4.54. The predicted octanol–water partition coefficient (Wildman–Crippen LogP) is 4.03. The summed E-state index contributed by atoms with van der Waals surface area (Å²) in [6.45, 7) is 0. The third-order valence-corrected chi connectivity index (χ3v) is 2.88. The van der Waals surface area contributed by atoms with Crippen LogP contribution in [0.1, 0.15) is 22.7 Å². The largest absolute Gasteiger partial charge is 0.416 e. The van der Waals surface area contributed by atoms with Crippen LogP contribution in [0.4, 0.5) is 22.0 Å². The second-order valence-electron chi connectivity index (χ2n) is 4.24. The van der Waals surface area contributed by atoms with Crippen LogP contribution < -0.4 is 5.73 Å². The number of hydrogen-bond acceptors (Lipinski definition) is 1. The molecule has 1 nitrogen and oxygen atoms in total. The molecule has 6 heteroatoms. The van der Waals surface area contributed by atoms with E-state index in [9.17, 15) is 22.0 Å². The molecule has 1 atom stereocenters. The minimum Gasteiger partial charge on any atom is -0.320 e. The summed E-state index contributed by atoms with van der Waals surface area (Å²) in [5.41, 5.74) is 4.31. The van der Waals surface area contributed by atoms with Crippen molar-refractivity contribution < 1.29 is 22.0 Å². The molecule has 0 spiro atoms. The van der Waals surface area contributed by atoms with Gasteiger partial charge in [0.25, 0.3) is 0 Å². The fourth-order valence-electron chi connectivity index (χ4n) is 1.88. The zero-order valence-corrected chi connectivity index (χ0v) is 10.1. The third kappa shape index (κ3) is 2.80. The molecule has 1 unspecified atom stereocenters. The molecule has 2 aromatic carbocycles. The van der Waals surface area contributed by atoms with E-state index in [0.29, 0.717) is 0 Å². The normalized spacial score (nSPS) is 13.3. The Morgan fingerprint density at radius 1 is 0.900 bits per heavy atom. The van der Waals surface area contributed by atoms with Crippen molar-refractivity contribution in [1.82, 2.24) is 0 Å². The van der Waals surface area contributed by atoms with Crippen molar-refractivity contribution in [2.45, 2.75) is 12.2 Å². The molecule has 0 radical (unpaired) electrons. The maximum absolute atomic E-state index is 13.6. The van der Waals surface area contributed by atoms with Gasteiger partial charge in [-0.25, -0.2) is 8.78 Å². The first-order valence-corrected chi connectivity index (χ1v) is 5.67. The Labute approximate surface area is 111 Å². The average Bonchev–Trinajstić information content (AvgIpc) is 2.37. The number of alkyl halides is 3. The van der Waals surface area contributed by atoms with Gasteiger partial charge >= 0.3 is 6.18 Å². The van der Waals surface area contributed by atoms with E-state index in [4.69, 9.17) is 5.73 Å². The van der Waals surface area contributed by atoms with Gasteiger partial charge in [-0.2, -0.15) is 13.2 Å². The lowest BCUT2D eigenvalue weighted by Crippen LogP contribution is -2.16. The van der Waals surface area contributed by atoms with Crippen molar-refractivity contribution >= 4 is 0 Å². The monoisotopic (exact) mass is 287 g/mol. The van der Waals surface area contributed by atoms with Crippen LogP contribution in [0.15, 0.2) is 42.5 Å². The molecule has 0 aliphatic rings. The lowest BCUT2D eigenvalue weighted by Gasteiger charge is -2.16. The van der Waals surface area contributed by atoms with Gasteiger partial charge in [-0.1, -0.05) is 18.2 Å². The average molecular weight is 287 g/mol. The van der Waals surface area contributed by atoms with Crippen LogP contribution in [-0.2, 0) is 6.18 Å². The van der Waals surface area contributed by atoms with Crippen molar-refractivity contribution in [3.8, 4) is 0 Å². The molecule has 0 saturated heterocycles. The fraction of sp³-hybridized carbons (Fsp3) is 0.143. The molecule has 2 rings (SSSR count). The second-order valence-corrected chi connectivity index (χ2v) is 4.24. The first kappa shape index (κ1) is 14.5. The van der Waals surface area contributed by atoms with Crippen LogP contribution in [0.25, 0.3) is 0 Å². The summed E-state index contributed by atoms with van der Waals surface area (Å²) in [6, 6.07) is 5.97. The molecular formula is C14H10F5N. The van der Waals surface area contributed by atoms with Gasteiger partial charge in [0.05, 0.1) is 11.6 Å². The van der Waals surface area contributed by atoms with Crippen molar-refractivity contribution in [1.29, 1.82) is 0 Å². The first-order chi connectivity index (χ1) is 9.30. The fourth-order valence-corrected chi connectivity index (χ4v) is 1.88. The van der Waals surface area contributed by atoms with Gasteiger partial charge < -0.3 is 5.73 Å². The maximum atomic E-state index is 13.6. The molecule has 0 aromatic heterocycles. The van der Waals surface area contributed by atoms with E-state index in [1.807, 2.05) is 0 Å². The summed E-state index contributed by atoms with van der Waals surface area (Å²) in [4.78, 5) is 0. The van der Waals surface area contributed by atoms with Crippen molar-refractivity contribution in [2.75, 3.05) is 0 Å². The Balaban J connectivity index is 2.46. The molecule has 106 valence electrons. The van der Waals surface area contributed by atoms with E-state index in [1.54, 1.807) is 0 Å². The van der Waals surface area contributed by atoms with Crippen molar-refractivity contribution in [3.63, 3.8) is 0 Å². The summed E-state index contributed by atoms with van der Waals surface area (Å²) in [5, 5.41) is 0. The van der Waals surface area contributed by atoms with Crippen LogP contribution in [0.2, 0.25) is 0 Å².